The zero-order chi connectivity index (χ0) is 16.7. The molecule has 2 rings (SSSR count). The van der Waals surface area contributed by atoms with E-state index in [0.29, 0.717) is 6.07 Å². The number of terminal acetylenes is 1. The first kappa shape index (κ1) is 15.8. The Kier molecular flexibility index (Phi) is 3.56. The van der Waals surface area contributed by atoms with Crippen molar-refractivity contribution in [3.63, 3.8) is 0 Å². The highest BCUT2D eigenvalue weighted by molar-refractivity contribution is 5.86. The maximum atomic E-state index is 12.6. The molecular formula is C13H5F6NO2. The molecule has 0 bridgehead atoms. The largest absolute Gasteiger partial charge is 0.573 e. The van der Waals surface area contributed by atoms with Crippen molar-refractivity contribution in [2.45, 2.75) is 12.5 Å². The summed E-state index contributed by atoms with van der Waals surface area (Å²) in [6.45, 7) is 0. The molecule has 0 atom stereocenters. The van der Waals surface area contributed by atoms with E-state index in [2.05, 4.69) is 4.74 Å². The minimum absolute atomic E-state index is 0.142. The van der Waals surface area contributed by atoms with Gasteiger partial charge in [0, 0.05) is 11.6 Å². The highest BCUT2D eigenvalue weighted by atomic mass is 19.4. The molecule has 1 aromatic carbocycles. The molecule has 0 aliphatic rings. The third-order valence-corrected chi connectivity index (χ3v) is 2.60. The van der Waals surface area contributed by atoms with Gasteiger partial charge < -0.3 is 9.72 Å². The van der Waals surface area contributed by atoms with Crippen LogP contribution in [0.1, 0.15) is 11.3 Å². The van der Waals surface area contributed by atoms with Crippen LogP contribution in [0, 0.1) is 12.3 Å². The van der Waals surface area contributed by atoms with E-state index in [-0.39, 0.29) is 11.6 Å². The SMILES string of the molecule is C#Cc1cc(OC(F)(F)F)c2[nH]c(C(F)(F)F)cc(=O)c2c1. The summed E-state index contributed by atoms with van der Waals surface area (Å²) in [4.78, 5) is 13.4. The normalized spacial score (nSPS) is 12.2. The number of ether oxygens (including phenoxy) is 1. The second kappa shape index (κ2) is 4.98. The van der Waals surface area contributed by atoms with Crippen LogP contribution in [0.3, 0.4) is 0 Å². The van der Waals surface area contributed by atoms with Gasteiger partial charge in [-0.2, -0.15) is 13.2 Å². The van der Waals surface area contributed by atoms with Crippen LogP contribution in [0.25, 0.3) is 10.9 Å². The van der Waals surface area contributed by atoms with Crippen molar-refractivity contribution in [2.24, 2.45) is 0 Å². The van der Waals surface area contributed by atoms with Crippen molar-refractivity contribution in [1.29, 1.82) is 0 Å². The lowest BCUT2D eigenvalue weighted by Crippen LogP contribution is -2.19. The molecular weight excluding hydrogens is 316 g/mol. The zero-order valence-corrected chi connectivity index (χ0v) is 10.4. The van der Waals surface area contributed by atoms with Crippen LogP contribution in [0.5, 0.6) is 5.75 Å². The van der Waals surface area contributed by atoms with Gasteiger partial charge in [-0.05, 0) is 12.1 Å². The Balaban J connectivity index is 2.84. The average Bonchev–Trinajstić information content (AvgIpc) is 2.36. The van der Waals surface area contributed by atoms with Crippen molar-refractivity contribution in [3.8, 4) is 18.1 Å². The molecule has 0 radical (unpaired) electrons. The first-order valence-corrected chi connectivity index (χ1v) is 5.52. The molecule has 0 aliphatic carbocycles. The number of H-pyrrole nitrogens is 1. The van der Waals surface area contributed by atoms with Gasteiger partial charge in [0.2, 0.25) is 0 Å². The summed E-state index contributed by atoms with van der Waals surface area (Å²) in [6.07, 6.45) is -5.05. The molecule has 1 heterocycles. The number of benzene rings is 1. The molecule has 0 saturated heterocycles. The van der Waals surface area contributed by atoms with E-state index in [0.717, 1.165) is 6.07 Å². The first-order valence-electron chi connectivity index (χ1n) is 5.52. The number of aromatic amines is 1. The second-order valence-corrected chi connectivity index (χ2v) is 4.13. The van der Waals surface area contributed by atoms with Gasteiger partial charge >= 0.3 is 12.5 Å². The second-order valence-electron chi connectivity index (χ2n) is 4.13. The van der Waals surface area contributed by atoms with Gasteiger partial charge in [0.25, 0.3) is 0 Å². The van der Waals surface area contributed by atoms with Crippen LogP contribution in [-0.4, -0.2) is 11.3 Å². The molecule has 0 amide bonds. The summed E-state index contributed by atoms with van der Waals surface area (Å²) >= 11 is 0. The molecule has 0 saturated carbocycles. The van der Waals surface area contributed by atoms with E-state index in [1.165, 1.54) is 0 Å². The number of hydrogen-bond acceptors (Lipinski definition) is 2. The Morgan fingerprint density at radius 1 is 1.09 bits per heavy atom. The minimum atomic E-state index is -5.16. The van der Waals surface area contributed by atoms with Gasteiger partial charge in [-0.3, -0.25) is 4.79 Å². The van der Waals surface area contributed by atoms with Crippen LogP contribution in [-0.2, 0) is 6.18 Å². The maximum absolute atomic E-state index is 12.6. The van der Waals surface area contributed by atoms with E-state index in [9.17, 15) is 31.1 Å². The molecule has 0 aliphatic heterocycles. The van der Waals surface area contributed by atoms with E-state index >= 15 is 0 Å². The predicted octanol–water partition coefficient (Wildman–Crippen LogP) is 3.43. The lowest BCUT2D eigenvalue weighted by molar-refractivity contribution is -0.274. The zero-order valence-electron chi connectivity index (χ0n) is 10.4. The molecule has 1 N–H and O–H groups in total. The molecule has 22 heavy (non-hydrogen) atoms. The molecule has 116 valence electrons. The summed E-state index contributed by atoms with van der Waals surface area (Å²) in [5.41, 5.74) is -3.51. The molecule has 1 aromatic heterocycles. The topological polar surface area (TPSA) is 42.1 Å². The fourth-order valence-electron chi connectivity index (χ4n) is 1.76. The number of nitrogens with one attached hydrogen (secondary N) is 1. The molecule has 2 aromatic rings. The Bertz CT molecular complexity index is 826. The Morgan fingerprint density at radius 2 is 1.73 bits per heavy atom. The fraction of sp³-hybridized carbons (Fsp3) is 0.154. The Morgan fingerprint density at radius 3 is 2.23 bits per heavy atom. The number of fused-ring (bicyclic) bond motifs is 1. The minimum Gasteiger partial charge on any atom is -0.403 e. The number of hydrogen-bond donors (Lipinski definition) is 1. The molecule has 3 nitrogen and oxygen atoms in total. The van der Waals surface area contributed by atoms with E-state index in [1.54, 1.807) is 4.98 Å². The van der Waals surface area contributed by atoms with Crippen molar-refractivity contribution in [1.82, 2.24) is 4.98 Å². The fourth-order valence-corrected chi connectivity index (χ4v) is 1.76. The first-order chi connectivity index (χ1) is 10.0. The lowest BCUT2D eigenvalue weighted by atomic mass is 10.1. The summed E-state index contributed by atoms with van der Waals surface area (Å²) in [7, 11) is 0. The molecule has 0 unspecified atom stereocenters. The summed E-state index contributed by atoms with van der Waals surface area (Å²) in [5.74, 6) is 0.982. The number of pyridine rings is 1. The van der Waals surface area contributed by atoms with E-state index in [4.69, 9.17) is 6.42 Å². The lowest BCUT2D eigenvalue weighted by Gasteiger charge is -2.14. The standard InChI is InChI=1S/C13H5F6NO2/c1-2-6-3-7-8(21)5-10(12(14,15)16)20-11(7)9(4-6)22-13(17,18)19/h1,3-5H,(H,20,21). The van der Waals surface area contributed by atoms with Crippen LogP contribution >= 0.6 is 0 Å². The van der Waals surface area contributed by atoms with Crippen LogP contribution in [0.15, 0.2) is 23.0 Å². The molecule has 0 fully saturated rings. The van der Waals surface area contributed by atoms with Gasteiger partial charge in [-0.25, -0.2) is 0 Å². The van der Waals surface area contributed by atoms with Gasteiger partial charge in [-0.15, -0.1) is 19.6 Å². The number of rotatable bonds is 1. The smallest absolute Gasteiger partial charge is 0.403 e. The highest BCUT2D eigenvalue weighted by Gasteiger charge is 2.35. The van der Waals surface area contributed by atoms with E-state index < -0.39 is 40.3 Å². The maximum Gasteiger partial charge on any atom is 0.573 e. The predicted molar refractivity (Wildman–Crippen MR) is 64.2 cm³/mol. The highest BCUT2D eigenvalue weighted by Crippen LogP contribution is 2.33. The molecule has 0 spiro atoms. The number of halogens is 6. The van der Waals surface area contributed by atoms with Crippen molar-refractivity contribution < 1.29 is 31.1 Å². The molecule has 9 heteroatoms. The summed E-state index contributed by atoms with van der Waals surface area (Å²) in [5, 5.41) is -0.442. The van der Waals surface area contributed by atoms with Crippen LogP contribution < -0.4 is 10.2 Å². The van der Waals surface area contributed by atoms with Crippen molar-refractivity contribution in [3.05, 3.63) is 39.7 Å². The quantitative estimate of drug-likeness (QED) is 0.646. The number of aromatic nitrogens is 1. The van der Waals surface area contributed by atoms with Gasteiger partial charge in [0.1, 0.15) is 5.69 Å². The summed E-state index contributed by atoms with van der Waals surface area (Å²) in [6, 6.07) is 1.95. The Labute approximate surface area is 118 Å². The third-order valence-electron chi connectivity index (χ3n) is 2.60. The third kappa shape index (κ3) is 3.16. The van der Waals surface area contributed by atoms with Crippen molar-refractivity contribution in [2.75, 3.05) is 0 Å². The van der Waals surface area contributed by atoms with E-state index in [1.807, 2.05) is 5.92 Å². The summed E-state index contributed by atoms with van der Waals surface area (Å²) < 4.78 is 78.6. The Hall–Kier alpha value is -2.63. The van der Waals surface area contributed by atoms with Crippen molar-refractivity contribution >= 4 is 10.9 Å². The monoisotopic (exact) mass is 321 g/mol. The van der Waals surface area contributed by atoms with Gasteiger partial charge in [0.05, 0.1) is 10.9 Å². The van der Waals surface area contributed by atoms with Gasteiger partial charge in [-0.1, -0.05) is 5.92 Å². The number of alkyl halides is 6. The van der Waals surface area contributed by atoms with Crippen LogP contribution in [0.4, 0.5) is 26.3 Å². The van der Waals surface area contributed by atoms with Crippen LogP contribution in [0.2, 0.25) is 0 Å². The van der Waals surface area contributed by atoms with Gasteiger partial charge in [0.15, 0.2) is 11.2 Å². The average molecular weight is 321 g/mol.